The van der Waals surface area contributed by atoms with Gasteiger partial charge >= 0.3 is 6.03 Å². The number of rotatable bonds is 5. The molecule has 2 aromatic carbocycles. The minimum atomic E-state index is -1.15. The summed E-state index contributed by atoms with van der Waals surface area (Å²) in [4.78, 5) is 36.2. The number of urea groups is 1. The summed E-state index contributed by atoms with van der Waals surface area (Å²) in [5, 5.41) is 14.6. The highest BCUT2D eigenvalue weighted by Gasteiger charge is 2.43. The quantitative estimate of drug-likeness (QED) is 0.362. The van der Waals surface area contributed by atoms with E-state index in [9.17, 15) is 14.4 Å². The van der Waals surface area contributed by atoms with Crippen LogP contribution in [0.5, 0.6) is 0 Å². The Morgan fingerprint density at radius 3 is 2.58 bits per heavy atom. The molecule has 1 atom stereocenters. The zero-order valence-electron chi connectivity index (χ0n) is 16.9. The van der Waals surface area contributed by atoms with E-state index >= 15 is 0 Å². The van der Waals surface area contributed by atoms with Crippen LogP contribution in [0.25, 0.3) is 11.4 Å². The smallest absolute Gasteiger partial charge is 0.322 e. The van der Waals surface area contributed by atoms with E-state index in [0.717, 1.165) is 11.1 Å². The van der Waals surface area contributed by atoms with Crippen LogP contribution in [0, 0.1) is 11.7 Å². The number of carbonyl (C=O) groups is 3. The molecule has 4 rings (SSSR count). The van der Waals surface area contributed by atoms with Gasteiger partial charge < -0.3 is 10.6 Å². The maximum Gasteiger partial charge on any atom is 0.322 e. The average molecular weight is 436 g/mol. The molecule has 1 fully saturated rings. The maximum atomic E-state index is 12.6. The molecule has 2 heterocycles. The van der Waals surface area contributed by atoms with Crippen molar-refractivity contribution in [1.29, 1.82) is 0 Å². The van der Waals surface area contributed by atoms with Gasteiger partial charge in [0.25, 0.3) is 5.91 Å². The summed E-state index contributed by atoms with van der Waals surface area (Å²) in [7, 11) is 0. The molecule has 10 heteroatoms. The van der Waals surface area contributed by atoms with Gasteiger partial charge in [0.05, 0.1) is 0 Å². The van der Waals surface area contributed by atoms with Gasteiger partial charge in [0, 0.05) is 11.3 Å². The van der Waals surface area contributed by atoms with Crippen molar-refractivity contribution in [2.75, 3.05) is 5.32 Å². The predicted octanol–water partition coefficient (Wildman–Crippen LogP) is 2.61. The highest BCUT2D eigenvalue weighted by atomic mass is 32.1. The molecule has 0 aliphatic carbocycles. The molecule has 1 aliphatic heterocycles. The van der Waals surface area contributed by atoms with E-state index in [1.54, 1.807) is 35.8 Å². The molecule has 31 heavy (non-hydrogen) atoms. The van der Waals surface area contributed by atoms with Gasteiger partial charge in [0.2, 0.25) is 5.91 Å². The average Bonchev–Trinajstić information content (AvgIpc) is 3.21. The number of H-pyrrole nitrogens is 1. The van der Waals surface area contributed by atoms with Crippen LogP contribution < -0.4 is 16.0 Å². The Hall–Kier alpha value is -3.79. The summed E-state index contributed by atoms with van der Waals surface area (Å²) in [6, 6.07) is 13.9. The van der Waals surface area contributed by atoms with E-state index in [1.165, 1.54) is 0 Å². The van der Waals surface area contributed by atoms with Gasteiger partial charge in [-0.15, -0.1) is 0 Å². The number of benzene rings is 2. The van der Waals surface area contributed by atoms with Crippen LogP contribution in [-0.4, -0.2) is 32.6 Å². The molecule has 4 amide bonds. The first kappa shape index (κ1) is 20.5. The Balaban J connectivity index is 1.49. The Kier molecular flexibility index (Phi) is 5.15. The topological polar surface area (TPSA) is 121 Å². The second-order valence-corrected chi connectivity index (χ2v) is 7.85. The predicted molar refractivity (Wildman–Crippen MR) is 117 cm³/mol. The molecule has 0 bridgehead atoms. The molecular formula is C21H20N6O3S. The number of carbonyl (C=O) groups excluding carboxylic acids is 3. The molecule has 9 nitrogen and oxygen atoms in total. The van der Waals surface area contributed by atoms with Crippen LogP contribution in [0.2, 0.25) is 0 Å². The first-order valence-corrected chi connectivity index (χ1v) is 9.93. The van der Waals surface area contributed by atoms with Gasteiger partial charge in [0.1, 0.15) is 12.1 Å². The first-order chi connectivity index (χ1) is 14.8. The van der Waals surface area contributed by atoms with E-state index in [4.69, 9.17) is 12.2 Å². The summed E-state index contributed by atoms with van der Waals surface area (Å²) in [5.41, 5.74) is 1.94. The third-order valence-corrected chi connectivity index (χ3v) is 5.44. The van der Waals surface area contributed by atoms with Crippen LogP contribution in [0.3, 0.4) is 0 Å². The summed E-state index contributed by atoms with van der Waals surface area (Å²) in [6.45, 7) is 3.58. The van der Waals surface area contributed by atoms with Crippen molar-refractivity contribution in [3.05, 3.63) is 64.4 Å². The number of nitrogens with one attached hydrogen (secondary N) is 4. The van der Waals surface area contributed by atoms with Crippen LogP contribution in [0.4, 0.5) is 10.5 Å². The largest absolute Gasteiger partial charge is 0.325 e. The summed E-state index contributed by atoms with van der Waals surface area (Å²) in [5.74, 6) is -0.125. The maximum absolute atomic E-state index is 12.6. The van der Waals surface area contributed by atoms with Gasteiger partial charge in [-0.3, -0.25) is 24.6 Å². The molecule has 0 saturated carbocycles. The second kappa shape index (κ2) is 7.80. The Morgan fingerprint density at radius 1 is 1.19 bits per heavy atom. The van der Waals surface area contributed by atoms with Gasteiger partial charge in [-0.05, 0) is 49.8 Å². The number of imide groups is 1. The first-order valence-electron chi connectivity index (χ1n) is 9.52. The molecule has 0 radical (unpaired) electrons. The Labute approximate surface area is 182 Å². The Bertz CT molecular complexity index is 1250. The fourth-order valence-corrected chi connectivity index (χ4v) is 3.64. The number of aromatic amines is 1. The van der Waals surface area contributed by atoms with Crippen LogP contribution in [0.1, 0.15) is 18.1 Å². The van der Waals surface area contributed by atoms with Crippen molar-refractivity contribution in [1.82, 2.24) is 25.4 Å². The van der Waals surface area contributed by atoms with E-state index in [0.29, 0.717) is 21.8 Å². The van der Waals surface area contributed by atoms with Crippen molar-refractivity contribution in [2.45, 2.75) is 25.9 Å². The molecule has 1 aliphatic rings. The molecule has 1 saturated heterocycles. The van der Waals surface area contributed by atoms with Gasteiger partial charge in [0.15, 0.2) is 10.6 Å². The highest BCUT2D eigenvalue weighted by molar-refractivity contribution is 7.71. The molecule has 0 spiro atoms. The van der Waals surface area contributed by atoms with Crippen molar-refractivity contribution in [2.24, 2.45) is 0 Å². The lowest BCUT2D eigenvalue weighted by Gasteiger charge is -2.21. The lowest BCUT2D eigenvalue weighted by Crippen LogP contribution is -2.40. The zero-order valence-corrected chi connectivity index (χ0v) is 17.7. The zero-order chi connectivity index (χ0) is 22.2. The molecule has 1 aromatic heterocycles. The Morgan fingerprint density at radius 2 is 1.94 bits per heavy atom. The van der Waals surface area contributed by atoms with Gasteiger partial charge in [-0.1, -0.05) is 35.9 Å². The van der Waals surface area contributed by atoms with Crippen molar-refractivity contribution >= 4 is 35.8 Å². The number of amides is 4. The van der Waals surface area contributed by atoms with Crippen molar-refractivity contribution in [3.63, 3.8) is 0 Å². The van der Waals surface area contributed by atoms with Crippen molar-refractivity contribution < 1.29 is 14.4 Å². The summed E-state index contributed by atoms with van der Waals surface area (Å²) in [6.07, 6.45) is 0. The molecule has 158 valence electrons. The minimum absolute atomic E-state index is 0.0173. The van der Waals surface area contributed by atoms with E-state index in [1.807, 2.05) is 31.2 Å². The van der Waals surface area contributed by atoms with Crippen LogP contribution >= 0.6 is 12.2 Å². The lowest BCUT2D eigenvalue weighted by atomic mass is 9.92. The standard InChI is InChI=1S/C21H20N6O3S/c1-12-4-3-5-13(10-12)17-25-26-20(31)27(17)11-16(28)22-15-8-6-14(7-9-15)21(2)18(29)23-19(30)24-21/h3-10H,11H2,1-2H3,(H,22,28)(H,26,31)(H2,23,24,29,30). The van der Waals surface area contributed by atoms with Crippen LogP contribution in [-0.2, 0) is 21.7 Å². The number of aromatic nitrogens is 3. The number of aryl methyl sites for hydroxylation is 1. The molecule has 4 N–H and O–H groups in total. The van der Waals surface area contributed by atoms with Crippen molar-refractivity contribution in [3.8, 4) is 11.4 Å². The van der Waals surface area contributed by atoms with E-state index < -0.39 is 17.5 Å². The lowest BCUT2D eigenvalue weighted by molar-refractivity contribution is -0.123. The third kappa shape index (κ3) is 3.97. The summed E-state index contributed by atoms with van der Waals surface area (Å²) >= 11 is 5.29. The molecular weight excluding hydrogens is 416 g/mol. The number of hydrogen-bond donors (Lipinski definition) is 4. The fraction of sp³-hybridized carbons (Fsp3) is 0.190. The monoisotopic (exact) mass is 436 g/mol. The summed E-state index contributed by atoms with van der Waals surface area (Å²) < 4.78 is 1.98. The molecule has 3 aromatic rings. The van der Waals surface area contributed by atoms with Crippen LogP contribution in [0.15, 0.2) is 48.5 Å². The SMILES string of the molecule is Cc1cccc(-c2n[nH]c(=S)n2CC(=O)Nc2ccc(C3(C)NC(=O)NC3=O)cc2)c1. The normalized spacial score (nSPS) is 17.9. The van der Waals surface area contributed by atoms with E-state index in [-0.39, 0.29) is 12.5 Å². The van der Waals surface area contributed by atoms with E-state index in [2.05, 4.69) is 26.1 Å². The van der Waals surface area contributed by atoms with Gasteiger partial charge in [-0.25, -0.2) is 4.79 Å². The second-order valence-electron chi connectivity index (χ2n) is 7.47. The fourth-order valence-electron chi connectivity index (χ4n) is 3.45. The number of nitrogens with zero attached hydrogens (tertiary/aromatic N) is 2. The minimum Gasteiger partial charge on any atom is -0.325 e. The number of anilines is 1. The number of hydrogen-bond acceptors (Lipinski definition) is 5. The van der Waals surface area contributed by atoms with Gasteiger partial charge in [-0.2, -0.15) is 5.10 Å². The molecule has 1 unspecified atom stereocenters. The third-order valence-electron chi connectivity index (χ3n) is 5.13. The highest BCUT2D eigenvalue weighted by Crippen LogP contribution is 2.25.